The Hall–Kier alpha value is -1.79. The summed E-state index contributed by atoms with van der Waals surface area (Å²) in [7, 11) is 5.42. The Bertz CT molecular complexity index is 420. The summed E-state index contributed by atoms with van der Waals surface area (Å²) < 4.78 is 10.1. The van der Waals surface area contributed by atoms with Crippen molar-refractivity contribution in [3.05, 3.63) is 24.3 Å². The average Bonchev–Trinajstić information content (AvgIpc) is 2.50. The molecule has 0 aliphatic heterocycles. The number of aliphatic imine (C=N–C) groups is 1. The Morgan fingerprint density at radius 3 is 2.57 bits per heavy atom. The molecule has 0 aliphatic carbocycles. The molecule has 0 saturated heterocycles. The molecular formula is C15H26N4O2. The fourth-order valence-electron chi connectivity index (χ4n) is 1.76. The number of anilines is 1. The van der Waals surface area contributed by atoms with Gasteiger partial charge in [-0.3, -0.25) is 4.99 Å². The Morgan fingerprint density at radius 2 is 1.95 bits per heavy atom. The number of rotatable bonds is 9. The summed E-state index contributed by atoms with van der Waals surface area (Å²) in [5.41, 5.74) is 6.74. The van der Waals surface area contributed by atoms with Crippen LogP contribution in [0.1, 0.15) is 6.42 Å². The van der Waals surface area contributed by atoms with Crippen LogP contribution >= 0.6 is 0 Å². The van der Waals surface area contributed by atoms with Gasteiger partial charge >= 0.3 is 0 Å². The molecule has 0 atom stereocenters. The second kappa shape index (κ2) is 10.0. The second-order valence-electron chi connectivity index (χ2n) is 4.77. The molecule has 0 heterocycles. The summed E-state index contributed by atoms with van der Waals surface area (Å²) in [5.74, 6) is 1.25. The number of methoxy groups -OCH3 is 2. The Labute approximate surface area is 126 Å². The van der Waals surface area contributed by atoms with E-state index < -0.39 is 0 Å². The summed E-state index contributed by atoms with van der Waals surface area (Å²) in [6.07, 6.45) is 0.963. The molecule has 0 saturated carbocycles. The molecule has 0 radical (unpaired) electrons. The van der Waals surface area contributed by atoms with Gasteiger partial charge in [-0.25, -0.2) is 0 Å². The van der Waals surface area contributed by atoms with Crippen LogP contribution in [0.5, 0.6) is 5.75 Å². The lowest BCUT2D eigenvalue weighted by Gasteiger charge is -2.14. The van der Waals surface area contributed by atoms with E-state index in [4.69, 9.17) is 15.2 Å². The van der Waals surface area contributed by atoms with E-state index in [1.54, 1.807) is 14.2 Å². The highest BCUT2D eigenvalue weighted by Gasteiger charge is 1.98. The molecule has 1 rings (SSSR count). The van der Waals surface area contributed by atoms with E-state index in [9.17, 15) is 0 Å². The fourth-order valence-corrected chi connectivity index (χ4v) is 1.76. The van der Waals surface area contributed by atoms with Crippen molar-refractivity contribution in [2.24, 2.45) is 10.7 Å². The summed E-state index contributed by atoms with van der Waals surface area (Å²) in [5, 5.41) is 3.05. The van der Waals surface area contributed by atoms with Crippen molar-refractivity contribution in [3.63, 3.8) is 0 Å². The molecule has 0 amide bonds. The quantitative estimate of drug-likeness (QED) is 0.409. The van der Waals surface area contributed by atoms with Gasteiger partial charge in [0.25, 0.3) is 0 Å². The highest BCUT2D eigenvalue weighted by atomic mass is 16.5. The number of hydrogen-bond acceptors (Lipinski definition) is 4. The maximum atomic E-state index is 5.85. The summed E-state index contributed by atoms with van der Waals surface area (Å²) in [4.78, 5) is 6.52. The molecule has 0 unspecified atom stereocenters. The van der Waals surface area contributed by atoms with Crippen molar-refractivity contribution >= 4 is 11.6 Å². The Kier molecular flexibility index (Phi) is 8.23. The molecule has 1 aromatic carbocycles. The van der Waals surface area contributed by atoms with Crippen LogP contribution in [0.15, 0.2) is 29.3 Å². The van der Waals surface area contributed by atoms with Gasteiger partial charge in [-0.1, -0.05) is 0 Å². The first-order valence-electron chi connectivity index (χ1n) is 7.04. The van der Waals surface area contributed by atoms with Crippen molar-refractivity contribution in [3.8, 4) is 5.75 Å². The zero-order chi connectivity index (χ0) is 15.5. The van der Waals surface area contributed by atoms with Crippen LogP contribution in [0.2, 0.25) is 0 Å². The van der Waals surface area contributed by atoms with Crippen LogP contribution in [0, 0.1) is 0 Å². The van der Waals surface area contributed by atoms with Gasteiger partial charge in [-0.2, -0.15) is 0 Å². The van der Waals surface area contributed by atoms with E-state index in [0.29, 0.717) is 12.5 Å². The molecule has 6 heteroatoms. The summed E-state index contributed by atoms with van der Waals surface area (Å²) in [6.45, 7) is 3.36. The molecule has 0 spiro atoms. The lowest BCUT2D eigenvalue weighted by molar-refractivity contribution is 0.161. The number of ether oxygens (including phenoxy) is 2. The number of nitrogens with two attached hydrogens (primary N) is 1. The standard InChI is InChI=1S/C15H26N4O2/c1-19(11-12-20-2)10-4-9-17-15(16)18-13-5-7-14(21-3)8-6-13/h5-8H,4,9-12H2,1-3H3,(H3,16,17,18). The van der Waals surface area contributed by atoms with E-state index in [1.165, 1.54) is 0 Å². The topological polar surface area (TPSA) is 72.1 Å². The third-order valence-electron chi connectivity index (χ3n) is 3.02. The van der Waals surface area contributed by atoms with E-state index >= 15 is 0 Å². The molecule has 0 fully saturated rings. The minimum Gasteiger partial charge on any atom is -0.497 e. The second-order valence-corrected chi connectivity index (χ2v) is 4.77. The minimum absolute atomic E-state index is 0.430. The third-order valence-corrected chi connectivity index (χ3v) is 3.02. The maximum absolute atomic E-state index is 5.85. The number of likely N-dealkylation sites (N-methyl/N-ethyl adjacent to an activating group) is 1. The number of nitrogens with zero attached hydrogens (tertiary/aromatic N) is 2. The highest BCUT2D eigenvalue weighted by molar-refractivity contribution is 5.92. The summed E-state index contributed by atoms with van der Waals surface area (Å²) >= 11 is 0. The number of benzene rings is 1. The smallest absolute Gasteiger partial charge is 0.193 e. The third kappa shape index (κ3) is 7.53. The predicted molar refractivity (Wildman–Crippen MR) is 87.1 cm³/mol. The maximum Gasteiger partial charge on any atom is 0.193 e. The zero-order valence-corrected chi connectivity index (χ0v) is 13.1. The van der Waals surface area contributed by atoms with Crippen LogP contribution in [-0.2, 0) is 4.74 Å². The van der Waals surface area contributed by atoms with Crippen molar-refractivity contribution in [2.45, 2.75) is 6.42 Å². The van der Waals surface area contributed by atoms with Crippen LogP contribution in [0.4, 0.5) is 5.69 Å². The van der Waals surface area contributed by atoms with Gasteiger partial charge in [-0.15, -0.1) is 0 Å². The largest absolute Gasteiger partial charge is 0.497 e. The molecule has 0 aliphatic rings. The van der Waals surface area contributed by atoms with E-state index in [1.807, 2.05) is 24.3 Å². The van der Waals surface area contributed by atoms with Crippen LogP contribution in [0.25, 0.3) is 0 Å². The predicted octanol–water partition coefficient (Wildman–Crippen LogP) is 1.39. The molecule has 0 aromatic heterocycles. The van der Waals surface area contributed by atoms with Gasteiger partial charge in [0.05, 0.1) is 13.7 Å². The van der Waals surface area contributed by atoms with Crippen molar-refractivity contribution in [1.82, 2.24) is 4.90 Å². The molecule has 0 bridgehead atoms. The number of hydrogen-bond donors (Lipinski definition) is 2. The SMILES string of the molecule is COCCN(C)CCCN=C(N)Nc1ccc(OC)cc1. The van der Waals surface area contributed by atoms with Gasteiger partial charge in [0, 0.05) is 25.9 Å². The lowest BCUT2D eigenvalue weighted by atomic mass is 10.3. The van der Waals surface area contributed by atoms with Crippen LogP contribution in [0.3, 0.4) is 0 Å². The van der Waals surface area contributed by atoms with Gasteiger partial charge in [0.15, 0.2) is 5.96 Å². The van der Waals surface area contributed by atoms with Crippen molar-refractivity contribution < 1.29 is 9.47 Å². The van der Waals surface area contributed by atoms with Crippen molar-refractivity contribution in [1.29, 1.82) is 0 Å². The zero-order valence-electron chi connectivity index (χ0n) is 13.1. The first-order valence-corrected chi connectivity index (χ1v) is 7.04. The first kappa shape index (κ1) is 17.3. The van der Waals surface area contributed by atoms with Gasteiger partial charge in [0.2, 0.25) is 0 Å². The van der Waals surface area contributed by atoms with Gasteiger partial charge in [0.1, 0.15) is 5.75 Å². The molecular weight excluding hydrogens is 268 g/mol. The highest BCUT2D eigenvalue weighted by Crippen LogP contribution is 2.14. The average molecular weight is 294 g/mol. The minimum atomic E-state index is 0.430. The van der Waals surface area contributed by atoms with Crippen LogP contribution < -0.4 is 15.8 Å². The monoisotopic (exact) mass is 294 g/mol. The Morgan fingerprint density at radius 1 is 1.24 bits per heavy atom. The first-order chi connectivity index (χ1) is 10.2. The molecule has 1 aromatic rings. The Balaban J connectivity index is 2.26. The van der Waals surface area contributed by atoms with E-state index in [-0.39, 0.29) is 0 Å². The number of nitrogens with one attached hydrogen (secondary N) is 1. The number of guanidine groups is 1. The van der Waals surface area contributed by atoms with Gasteiger partial charge < -0.3 is 25.4 Å². The lowest BCUT2D eigenvalue weighted by Crippen LogP contribution is -2.25. The van der Waals surface area contributed by atoms with Gasteiger partial charge in [-0.05, 0) is 44.3 Å². The van der Waals surface area contributed by atoms with Crippen LogP contribution in [-0.4, -0.2) is 58.4 Å². The molecule has 118 valence electrons. The van der Waals surface area contributed by atoms with E-state index in [2.05, 4.69) is 22.3 Å². The fraction of sp³-hybridized carbons (Fsp3) is 0.533. The molecule has 6 nitrogen and oxygen atoms in total. The summed E-state index contributed by atoms with van der Waals surface area (Å²) in [6, 6.07) is 7.56. The van der Waals surface area contributed by atoms with E-state index in [0.717, 1.165) is 37.6 Å². The van der Waals surface area contributed by atoms with Crippen molar-refractivity contribution in [2.75, 3.05) is 52.8 Å². The molecule has 21 heavy (non-hydrogen) atoms. The normalized spacial score (nSPS) is 11.7. The molecule has 3 N–H and O–H groups in total.